The fraction of sp³-hybridized carbons (Fsp3) is 0.647. The van der Waals surface area contributed by atoms with Crippen LogP contribution in [-0.2, 0) is 4.74 Å². The zero-order valence-corrected chi connectivity index (χ0v) is 14.7. The lowest BCUT2D eigenvalue weighted by Gasteiger charge is -2.20. The van der Waals surface area contributed by atoms with Crippen molar-refractivity contribution < 1.29 is 4.74 Å². The standard InChI is InChI=1S/C17H28BrNO/c1-13(2)11-19-12-16(8-9-20-14(3)4)15-6-5-7-17(18)10-15/h5-7,10,13-14,16,19H,8-9,11-12H2,1-4H3. The van der Waals surface area contributed by atoms with Gasteiger partial charge in [-0.05, 0) is 56.3 Å². The van der Waals surface area contributed by atoms with E-state index in [2.05, 4.69) is 73.2 Å². The van der Waals surface area contributed by atoms with Gasteiger partial charge in [0, 0.05) is 17.6 Å². The van der Waals surface area contributed by atoms with Crippen LogP contribution in [-0.4, -0.2) is 25.8 Å². The van der Waals surface area contributed by atoms with Gasteiger partial charge < -0.3 is 10.1 Å². The van der Waals surface area contributed by atoms with E-state index in [1.807, 2.05) is 0 Å². The smallest absolute Gasteiger partial charge is 0.0518 e. The Labute approximate surface area is 132 Å². The molecule has 20 heavy (non-hydrogen) atoms. The number of halogens is 1. The summed E-state index contributed by atoms with van der Waals surface area (Å²) in [4.78, 5) is 0. The molecule has 0 saturated heterocycles. The first kappa shape index (κ1) is 17.7. The molecule has 0 fully saturated rings. The summed E-state index contributed by atoms with van der Waals surface area (Å²) in [6.45, 7) is 11.5. The van der Waals surface area contributed by atoms with Crippen LogP contribution in [0.5, 0.6) is 0 Å². The van der Waals surface area contributed by atoms with E-state index in [4.69, 9.17) is 4.74 Å². The van der Waals surface area contributed by atoms with Crippen LogP contribution in [0.1, 0.15) is 45.6 Å². The normalized spacial score (nSPS) is 13.2. The molecule has 0 amide bonds. The summed E-state index contributed by atoms with van der Waals surface area (Å²) in [6, 6.07) is 8.61. The summed E-state index contributed by atoms with van der Waals surface area (Å²) in [5, 5.41) is 3.57. The van der Waals surface area contributed by atoms with Crippen molar-refractivity contribution in [2.24, 2.45) is 5.92 Å². The first-order chi connectivity index (χ1) is 9.49. The Morgan fingerprint density at radius 2 is 1.90 bits per heavy atom. The lowest BCUT2D eigenvalue weighted by Crippen LogP contribution is -2.26. The molecule has 3 heteroatoms. The molecule has 0 aliphatic carbocycles. The third kappa shape index (κ3) is 7.41. The predicted octanol–water partition coefficient (Wildman–Crippen LogP) is 4.59. The van der Waals surface area contributed by atoms with Gasteiger partial charge >= 0.3 is 0 Å². The van der Waals surface area contributed by atoms with E-state index in [-0.39, 0.29) is 0 Å². The van der Waals surface area contributed by atoms with Gasteiger partial charge in [-0.1, -0.05) is 41.9 Å². The minimum Gasteiger partial charge on any atom is -0.379 e. The molecule has 0 aliphatic heterocycles. The van der Waals surface area contributed by atoms with Gasteiger partial charge in [-0.3, -0.25) is 0 Å². The molecule has 0 heterocycles. The van der Waals surface area contributed by atoms with Crippen molar-refractivity contribution in [1.82, 2.24) is 5.32 Å². The maximum Gasteiger partial charge on any atom is 0.0518 e. The van der Waals surface area contributed by atoms with Crippen molar-refractivity contribution in [3.05, 3.63) is 34.3 Å². The van der Waals surface area contributed by atoms with Gasteiger partial charge in [-0.15, -0.1) is 0 Å². The summed E-state index contributed by atoms with van der Waals surface area (Å²) in [7, 11) is 0. The molecule has 1 N–H and O–H groups in total. The van der Waals surface area contributed by atoms with Crippen molar-refractivity contribution >= 4 is 15.9 Å². The fourth-order valence-corrected chi connectivity index (χ4v) is 2.56. The highest BCUT2D eigenvalue weighted by Gasteiger charge is 2.12. The van der Waals surface area contributed by atoms with Gasteiger partial charge in [0.2, 0.25) is 0 Å². The van der Waals surface area contributed by atoms with Crippen LogP contribution >= 0.6 is 15.9 Å². The van der Waals surface area contributed by atoms with Crippen LogP contribution in [0.2, 0.25) is 0 Å². The summed E-state index contributed by atoms with van der Waals surface area (Å²) in [6.07, 6.45) is 1.36. The predicted molar refractivity (Wildman–Crippen MR) is 90.3 cm³/mol. The molecular formula is C17H28BrNO. The second-order valence-electron chi connectivity index (χ2n) is 6.01. The molecule has 114 valence electrons. The lowest BCUT2D eigenvalue weighted by molar-refractivity contribution is 0.0732. The van der Waals surface area contributed by atoms with Crippen molar-refractivity contribution in [2.45, 2.75) is 46.1 Å². The van der Waals surface area contributed by atoms with E-state index in [1.165, 1.54) is 5.56 Å². The quantitative estimate of drug-likeness (QED) is 0.708. The molecule has 0 saturated carbocycles. The Morgan fingerprint density at radius 1 is 1.15 bits per heavy atom. The number of rotatable bonds is 9. The molecule has 1 aromatic carbocycles. The Hall–Kier alpha value is -0.380. The average Bonchev–Trinajstić information content (AvgIpc) is 2.36. The van der Waals surface area contributed by atoms with E-state index < -0.39 is 0 Å². The third-order valence-corrected chi connectivity index (χ3v) is 3.67. The molecule has 0 bridgehead atoms. The van der Waals surface area contributed by atoms with Crippen molar-refractivity contribution in [3.63, 3.8) is 0 Å². The molecule has 1 atom stereocenters. The average molecular weight is 342 g/mol. The van der Waals surface area contributed by atoms with Crippen LogP contribution in [0.4, 0.5) is 0 Å². The molecule has 0 aliphatic rings. The zero-order chi connectivity index (χ0) is 15.0. The fourth-order valence-electron chi connectivity index (χ4n) is 2.14. The summed E-state index contributed by atoms with van der Waals surface area (Å²) in [5.41, 5.74) is 1.38. The van der Waals surface area contributed by atoms with Crippen LogP contribution in [0, 0.1) is 5.92 Å². The number of ether oxygens (including phenoxy) is 1. The Bertz CT molecular complexity index is 365. The van der Waals surface area contributed by atoms with Gasteiger partial charge in [0.05, 0.1) is 6.10 Å². The van der Waals surface area contributed by atoms with E-state index in [9.17, 15) is 0 Å². The Kier molecular flexibility index (Phi) is 8.43. The van der Waals surface area contributed by atoms with Gasteiger partial charge in [0.15, 0.2) is 0 Å². The maximum atomic E-state index is 5.71. The highest BCUT2D eigenvalue weighted by atomic mass is 79.9. The van der Waals surface area contributed by atoms with Crippen LogP contribution in [0.15, 0.2) is 28.7 Å². The lowest BCUT2D eigenvalue weighted by atomic mass is 9.96. The van der Waals surface area contributed by atoms with Crippen molar-refractivity contribution in [3.8, 4) is 0 Å². The largest absolute Gasteiger partial charge is 0.379 e. The molecule has 0 radical (unpaired) electrons. The Balaban J connectivity index is 2.58. The molecule has 0 aromatic heterocycles. The minimum absolute atomic E-state index is 0.307. The number of benzene rings is 1. The second-order valence-corrected chi connectivity index (χ2v) is 6.93. The van der Waals surface area contributed by atoms with Gasteiger partial charge in [0.1, 0.15) is 0 Å². The number of hydrogen-bond donors (Lipinski definition) is 1. The summed E-state index contributed by atoms with van der Waals surface area (Å²) >= 11 is 3.56. The molecule has 1 unspecified atom stereocenters. The number of nitrogens with one attached hydrogen (secondary N) is 1. The van der Waals surface area contributed by atoms with Crippen molar-refractivity contribution in [2.75, 3.05) is 19.7 Å². The highest BCUT2D eigenvalue weighted by Crippen LogP contribution is 2.22. The molecule has 1 aromatic rings. The summed E-state index contributed by atoms with van der Waals surface area (Å²) in [5.74, 6) is 1.19. The van der Waals surface area contributed by atoms with Gasteiger partial charge in [-0.25, -0.2) is 0 Å². The van der Waals surface area contributed by atoms with E-state index >= 15 is 0 Å². The highest BCUT2D eigenvalue weighted by molar-refractivity contribution is 9.10. The van der Waals surface area contributed by atoms with Crippen LogP contribution in [0.3, 0.4) is 0 Å². The van der Waals surface area contributed by atoms with E-state index in [1.54, 1.807) is 0 Å². The third-order valence-electron chi connectivity index (χ3n) is 3.18. The monoisotopic (exact) mass is 341 g/mol. The SMILES string of the molecule is CC(C)CNCC(CCOC(C)C)c1cccc(Br)c1. The first-order valence-corrected chi connectivity index (χ1v) is 8.36. The minimum atomic E-state index is 0.307. The molecule has 2 nitrogen and oxygen atoms in total. The van der Waals surface area contributed by atoms with Gasteiger partial charge in [-0.2, -0.15) is 0 Å². The second kappa shape index (κ2) is 9.54. The molecule has 1 rings (SSSR count). The maximum absolute atomic E-state index is 5.71. The Morgan fingerprint density at radius 3 is 2.50 bits per heavy atom. The van der Waals surface area contributed by atoms with Crippen molar-refractivity contribution in [1.29, 1.82) is 0 Å². The van der Waals surface area contributed by atoms with E-state index in [0.29, 0.717) is 17.9 Å². The zero-order valence-electron chi connectivity index (χ0n) is 13.2. The molecule has 0 spiro atoms. The first-order valence-electron chi connectivity index (χ1n) is 7.56. The molecular weight excluding hydrogens is 314 g/mol. The number of hydrogen-bond acceptors (Lipinski definition) is 2. The topological polar surface area (TPSA) is 21.3 Å². The van der Waals surface area contributed by atoms with Crippen LogP contribution in [0.25, 0.3) is 0 Å². The summed E-state index contributed by atoms with van der Waals surface area (Å²) < 4.78 is 6.86. The van der Waals surface area contributed by atoms with E-state index in [0.717, 1.165) is 30.6 Å². The van der Waals surface area contributed by atoms with Gasteiger partial charge in [0.25, 0.3) is 0 Å². The van der Waals surface area contributed by atoms with Crippen LogP contribution < -0.4 is 5.32 Å².